The average Bonchev–Trinajstić information content (AvgIpc) is 3.25. The van der Waals surface area contributed by atoms with Gasteiger partial charge in [-0.3, -0.25) is 9.69 Å². The molecule has 1 aliphatic heterocycles. The lowest BCUT2D eigenvalue weighted by atomic mass is 9.95. The van der Waals surface area contributed by atoms with Crippen molar-refractivity contribution in [3.8, 4) is 5.75 Å². The third-order valence-electron chi connectivity index (χ3n) is 5.45. The second-order valence-electron chi connectivity index (χ2n) is 7.46. The summed E-state index contributed by atoms with van der Waals surface area (Å²) >= 11 is 0. The van der Waals surface area contributed by atoms with Crippen molar-refractivity contribution < 1.29 is 14.3 Å². The maximum atomic E-state index is 12.7. The van der Waals surface area contributed by atoms with Crippen LogP contribution in [-0.2, 0) is 22.6 Å². The zero-order valence-electron chi connectivity index (χ0n) is 17.4. The summed E-state index contributed by atoms with van der Waals surface area (Å²) in [5.41, 5.74) is 1.22. The highest BCUT2D eigenvalue weighted by molar-refractivity contribution is 5.75. The number of amides is 1. The van der Waals surface area contributed by atoms with Crippen LogP contribution in [0, 0.1) is 5.92 Å². The molecule has 1 aliphatic rings. The van der Waals surface area contributed by atoms with Gasteiger partial charge in [-0.05, 0) is 37.9 Å². The number of benzene rings is 1. The van der Waals surface area contributed by atoms with Crippen molar-refractivity contribution in [2.75, 3.05) is 47.0 Å². The minimum absolute atomic E-state index is 0.0593. The van der Waals surface area contributed by atoms with Crippen LogP contribution >= 0.6 is 0 Å². The molecule has 0 aliphatic carbocycles. The number of hydrogen-bond acceptors (Lipinski definition) is 6. The van der Waals surface area contributed by atoms with Crippen LogP contribution < -0.4 is 4.74 Å². The standard InChI is InChI=1S/C21H31N5O3/c1-28-12-11-25(21(27)15-26-17-22-16-23-26)13-18-7-9-24(10-8-18)14-19-5-3-4-6-20(19)29-2/h3-6,16-18H,7-15H2,1-2H3. The van der Waals surface area contributed by atoms with Crippen LogP contribution in [0.25, 0.3) is 0 Å². The molecule has 0 bridgehead atoms. The van der Waals surface area contributed by atoms with Crippen molar-refractivity contribution >= 4 is 5.91 Å². The zero-order valence-corrected chi connectivity index (χ0v) is 17.4. The van der Waals surface area contributed by atoms with Crippen molar-refractivity contribution in [2.45, 2.75) is 25.9 Å². The fourth-order valence-electron chi connectivity index (χ4n) is 3.79. The highest BCUT2D eigenvalue weighted by atomic mass is 16.5. The van der Waals surface area contributed by atoms with Gasteiger partial charge >= 0.3 is 0 Å². The first-order valence-electron chi connectivity index (χ1n) is 10.1. The molecule has 3 rings (SSSR count). The number of ether oxygens (including phenoxy) is 2. The minimum Gasteiger partial charge on any atom is -0.496 e. The largest absolute Gasteiger partial charge is 0.496 e. The van der Waals surface area contributed by atoms with Gasteiger partial charge in [0.2, 0.25) is 5.91 Å². The Balaban J connectivity index is 1.50. The number of likely N-dealkylation sites (tertiary alicyclic amines) is 1. The molecule has 0 saturated carbocycles. The summed E-state index contributed by atoms with van der Waals surface area (Å²) in [6.07, 6.45) is 5.18. The molecule has 0 spiro atoms. The lowest BCUT2D eigenvalue weighted by molar-refractivity contribution is -0.133. The maximum Gasteiger partial charge on any atom is 0.244 e. The van der Waals surface area contributed by atoms with Crippen molar-refractivity contribution in [3.05, 3.63) is 42.5 Å². The molecule has 0 N–H and O–H groups in total. The molecule has 1 amide bonds. The lowest BCUT2D eigenvalue weighted by Crippen LogP contribution is -2.43. The van der Waals surface area contributed by atoms with Gasteiger partial charge in [-0.15, -0.1) is 0 Å². The van der Waals surface area contributed by atoms with Crippen LogP contribution in [0.4, 0.5) is 0 Å². The molecular formula is C21H31N5O3. The van der Waals surface area contributed by atoms with Crippen LogP contribution in [-0.4, -0.2) is 77.5 Å². The van der Waals surface area contributed by atoms with Crippen LogP contribution in [0.1, 0.15) is 18.4 Å². The number of nitrogens with zero attached hydrogens (tertiary/aromatic N) is 5. The minimum atomic E-state index is 0.0593. The summed E-state index contributed by atoms with van der Waals surface area (Å²) in [5.74, 6) is 1.50. The van der Waals surface area contributed by atoms with E-state index >= 15 is 0 Å². The number of methoxy groups -OCH3 is 2. The van der Waals surface area contributed by atoms with Gasteiger partial charge in [-0.2, -0.15) is 5.10 Å². The molecule has 8 heteroatoms. The number of piperidine rings is 1. The fourth-order valence-corrected chi connectivity index (χ4v) is 3.79. The molecule has 8 nitrogen and oxygen atoms in total. The van der Waals surface area contributed by atoms with E-state index in [-0.39, 0.29) is 12.5 Å². The van der Waals surface area contributed by atoms with E-state index in [2.05, 4.69) is 27.1 Å². The fraction of sp³-hybridized carbons (Fsp3) is 0.571. The Morgan fingerprint density at radius 1 is 1.24 bits per heavy atom. The molecule has 0 unspecified atom stereocenters. The number of carbonyl (C=O) groups excluding carboxylic acids is 1. The van der Waals surface area contributed by atoms with Crippen molar-refractivity contribution in [1.29, 1.82) is 0 Å². The first kappa shape index (κ1) is 21.3. The summed E-state index contributed by atoms with van der Waals surface area (Å²) in [6.45, 7) is 5.07. The Morgan fingerprint density at radius 2 is 2.03 bits per heavy atom. The molecular weight excluding hydrogens is 370 g/mol. The quantitative estimate of drug-likeness (QED) is 0.603. The van der Waals surface area contributed by atoms with E-state index in [1.807, 2.05) is 17.0 Å². The predicted molar refractivity (Wildman–Crippen MR) is 109 cm³/mol. The summed E-state index contributed by atoms with van der Waals surface area (Å²) in [6, 6.07) is 8.19. The highest BCUT2D eigenvalue weighted by Crippen LogP contribution is 2.24. The van der Waals surface area contributed by atoms with Crippen molar-refractivity contribution in [1.82, 2.24) is 24.6 Å². The molecule has 1 saturated heterocycles. The Labute approximate surface area is 172 Å². The Bertz CT molecular complexity index is 745. The molecule has 29 heavy (non-hydrogen) atoms. The average molecular weight is 402 g/mol. The van der Waals surface area contributed by atoms with Crippen molar-refractivity contribution in [3.63, 3.8) is 0 Å². The third-order valence-corrected chi connectivity index (χ3v) is 5.45. The van der Waals surface area contributed by atoms with E-state index in [9.17, 15) is 4.79 Å². The van der Waals surface area contributed by atoms with Gasteiger partial charge < -0.3 is 14.4 Å². The van der Waals surface area contributed by atoms with E-state index in [4.69, 9.17) is 9.47 Å². The number of hydrogen-bond donors (Lipinski definition) is 0. The second kappa shape index (κ2) is 10.9. The SMILES string of the molecule is COCCN(CC1CCN(Cc2ccccc2OC)CC1)C(=O)Cn1cncn1. The van der Waals surface area contributed by atoms with Gasteiger partial charge in [0.15, 0.2) is 0 Å². The van der Waals surface area contributed by atoms with E-state index in [1.54, 1.807) is 25.2 Å². The molecule has 2 aromatic rings. The van der Waals surface area contributed by atoms with E-state index in [1.165, 1.54) is 11.9 Å². The van der Waals surface area contributed by atoms with Gasteiger partial charge in [0.25, 0.3) is 0 Å². The molecule has 158 valence electrons. The van der Waals surface area contributed by atoms with Gasteiger partial charge in [-0.1, -0.05) is 18.2 Å². The topological polar surface area (TPSA) is 72.7 Å². The normalized spacial score (nSPS) is 15.4. The van der Waals surface area contributed by atoms with E-state index in [0.717, 1.165) is 44.8 Å². The smallest absolute Gasteiger partial charge is 0.244 e. The second-order valence-corrected chi connectivity index (χ2v) is 7.46. The molecule has 2 heterocycles. The van der Waals surface area contributed by atoms with Crippen LogP contribution in [0.15, 0.2) is 36.9 Å². The van der Waals surface area contributed by atoms with Gasteiger partial charge in [0, 0.05) is 32.3 Å². The van der Waals surface area contributed by atoms with Crippen LogP contribution in [0.3, 0.4) is 0 Å². The zero-order chi connectivity index (χ0) is 20.5. The first-order chi connectivity index (χ1) is 14.2. The highest BCUT2D eigenvalue weighted by Gasteiger charge is 2.24. The summed E-state index contributed by atoms with van der Waals surface area (Å²) in [5, 5.41) is 4.04. The third kappa shape index (κ3) is 6.27. The van der Waals surface area contributed by atoms with Crippen LogP contribution in [0.2, 0.25) is 0 Å². The van der Waals surface area contributed by atoms with Crippen LogP contribution in [0.5, 0.6) is 5.75 Å². The molecule has 1 fully saturated rings. The molecule has 0 atom stereocenters. The predicted octanol–water partition coefficient (Wildman–Crippen LogP) is 1.67. The number of carbonyl (C=O) groups is 1. The maximum absolute atomic E-state index is 12.7. The summed E-state index contributed by atoms with van der Waals surface area (Å²) < 4.78 is 12.2. The molecule has 1 aromatic heterocycles. The number of rotatable bonds is 10. The number of para-hydroxylation sites is 1. The lowest BCUT2D eigenvalue weighted by Gasteiger charge is -2.35. The summed E-state index contributed by atoms with van der Waals surface area (Å²) in [4.78, 5) is 21.0. The Kier molecular flexibility index (Phi) is 8.01. The van der Waals surface area contributed by atoms with E-state index < -0.39 is 0 Å². The van der Waals surface area contributed by atoms with Gasteiger partial charge in [0.05, 0.1) is 13.7 Å². The van der Waals surface area contributed by atoms with Gasteiger partial charge in [0.1, 0.15) is 24.9 Å². The van der Waals surface area contributed by atoms with E-state index in [0.29, 0.717) is 19.1 Å². The Morgan fingerprint density at radius 3 is 2.72 bits per heavy atom. The first-order valence-corrected chi connectivity index (χ1v) is 10.1. The number of aromatic nitrogens is 3. The van der Waals surface area contributed by atoms with Crippen molar-refractivity contribution in [2.24, 2.45) is 5.92 Å². The molecule has 0 radical (unpaired) electrons. The Hall–Kier alpha value is -2.45. The monoisotopic (exact) mass is 401 g/mol. The van der Waals surface area contributed by atoms with Gasteiger partial charge in [-0.25, -0.2) is 9.67 Å². The summed E-state index contributed by atoms with van der Waals surface area (Å²) in [7, 11) is 3.38. The molecule has 1 aromatic carbocycles.